The van der Waals surface area contributed by atoms with Crippen molar-refractivity contribution in [1.29, 1.82) is 0 Å². The highest BCUT2D eigenvalue weighted by Crippen LogP contribution is 2.29. The third kappa shape index (κ3) is 4.59. The number of aliphatic imine (C=N–C) groups is 1. The van der Waals surface area contributed by atoms with Crippen molar-refractivity contribution in [2.45, 2.75) is 26.3 Å². The molecule has 0 aliphatic heterocycles. The number of nitrogens with one attached hydrogen (secondary N) is 1. The van der Waals surface area contributed by atoms with E-state index in [2.05, 4.69) is 34.5 Å². The number of aromatic nitrogens is 1. The normalized spacial score (nSPS) is 11.6. The first-order chi connectivity index (χ1) is 11.0. The van der Waals surface area contributed by atoms with Gasteiger partial charge in [0.15, 0.2) is 17.5 Å². The topological polar surface area (TPSA) is 81.8 Å². The Labute approximate surface area is 140 Å². The van der Waals surface area contributed by atoms with Crippen molar-refractivity contribution in [1.82, 2.24) is 4.98 Å². The lowest BCUT2D eigenvalue weighted by Gasteiger charge is -2.10. The van der Waals surface area contributed by atoms with E-state index in [0.717, 1.165) is 16.4 Å². The number of nitrogens with two attached hydrogens (primary N) is 1. The molecule has 0 fully saturated rings. The van der Waals surface area contributed by atoms with Gasteiger partial charge in [-0.2, -0.15) is 0 Å². The summed E-state index contributed by atoms with van der Waals surface area (Å²) in [7, 11) is 3.19. The molecule has 2 aromatic rings. The van der Waals surface area contributed by atoms with Gasteiger partial charge in [-0.05, 0) is 18.1 Å². The minimum absolute atomic E-state index is 0.332. The van der Waals surface area contributed by atoms with E-state index < -0.39 is 0 Å². The van der Waals surface area contributed by atoms with Gasteiger partial charge in [0.1, 0.15) is 5.01 Å². The number of benzene rings is 1. The maximum absolute atomic E-state index is 5.93. The van der Waals surface area contributed by atoms with Crippen LogP contribution in [0, 0.1) is 0 Å². The first-order valence-corrected chi connectivity index (χ1v) is 8.14. The van der Waals surface area contributed by atoms with Crippen LogP contribution in [0.25, 0.3) is 0 Å². The third-order valence-corrected chi connectivity index (χ3v) is 4.05. The van der Waals surface area contributed by atoms with Gasteiger partial charge in [0, 0.05) is 17.1 Å². The molecular weight excluding hydrogens is 312 g/mol. The molecule has 1 aromatic carbocycles. The molecule has 0 amide bonds. The van der Waals surface area contributed by atoms with Gasteiger partial charge in [-0.1, -0.05) is 13.8 Å². The summed E-state index contributed by atoms with van der Waals surface area (Å²) >= 11 is 1.60. The van der Waals surface area contributed by atoms with E-state index in [0.29, 0.717) is 29.9 Å². The summed E-state index contributed by atoms with van der Waals surface area (Å²) < 4.78 is 10.5. The fourth-order valence-electron chi connectivity index (χ4n) is 1.92. The number of hydrogen-bond acceptors (Lipinski definition) is 5. The second-order valence-electron chi connectivity index (χ2n) is 5.22. The summed E-state index contributed by atoms with van der Waals surface area (Å²) in [6.07, 6.45) is 0. The minimum Gasteiger partial charge on any atom is -0.493 e. The number of thiazole rings is 1. The Bertz CT molecular complexity index is 682. The summed E-state index contributed by atoms with van der Waals surface area (Å²) in [5.41, 5.74) is 7.80. The zero-order valence-electron chi connectivity index (χ0n) is 13.8. The SMILES string of the molecule is COc1ccc(NC(N)=NCc2nc(C(C)C)cs2)cc1OC. The van der Waals surface area contributed by atoms with E-state index in [4.69, 9.17) is 15.2 Å². The van der Waals surface area contributed by atoms with Crippen molar-refractivity contribution in [2.24, 2.45) is 10.7 Å². The molecule has 0 bridgehead atoms. The molecule has 6 nitrogen and oxygen atoms in total. The van der Waals surface area contributed by atoms with Crippen LogP contribution in [-0.2, 0) is 6.54 Å². The Morgan fingerprint density at radius 3 is 2.65 bits per heavy atom. The van der Waals surface area contributed by atoms with Crippen molar-refractivity contribution < 1.29 is 9.47 Å². The average Bonchev–Trinajstić information content (AvgIpc) is 3.02. The molecule has 0 saturated carbocycles. The third-order valence-electron chi connectivity index (χ3n) is 3.20. The fraction of sp³-hybridized carbons (Fsp3) is 0.375. The summed E-state index contributed by atoms with van der Waals surface area (Å²) in [5, 5.41) is 6.05. The molecule has 1 aromatic heterocycles. The first kappa shape index (κ1) is 17.1. The van der Waals surface area contributed by atoms with Crippen molar-refractivity contribution >= 4 is 23.0 Å². The number of nitrogens with zero attached hydrogens (tertiary/aromatic N) is 2. The summed E-state index contributed by atoms with van der Waals surface area (Å²) in [6, 6.07) is 5.47. The molecule has 0 atom stereocenters. The van der Waals surface area contributed by atoms with E-state index in [9.17, 15) is 0 Å². The number of anilines is 1. The van der Waals surface area contributed by atoms with Gasteiger partial charge < -0.3 is 20.5 Å². The molecule has 0 radical (unpaired) electrons. The number of methoxy groups -OCH3 is 2. The molecule has 23 heavy (non-hydrogen) atoms. The van der Waals surface area contributed by atoms with Gasteiger partial charge in [-0.25, -0.2) is 9.98 Å². The van der Waals surface area contributed by atoms with Gasteiger partial charge in [0.05, 0.1) is 26.5 Å². The summed E-state index contributed by atoms with van der Waals surface area (Å²) in [4.78, 5) is 8.85. The highest BCUT2D eigenvalue weighted by atomic mass is 32.1. The molecule has 0 aliphatic carbocycles. The van der Waals surface area contributed by atoms with Crippen LogP contribution < -0.4 is 20.5 Å². The molecule has 1 heterocycles. The van der Waals surface area contributed by atoms with Crippen LogP contribution >= 0.6 is 11.3 Å². The molecule has 0 unspecified atom stereocenters. The molecule has 2 rings (SSSR count). The zero-order chi connectivity index (χ0) is 16.8. The van der Waals surface area contributed by atoms with Crippen LogP contribution in [0.3, 0.4) is 0 Å². The van der Waals surface area contributed by atoms with Gasteiger partial charge in [-0.3, -0.25) is 0 Å². The first-order valence-electron chi connectivity index (χ1n) is 7.26. The minimum atomic E-state index is 0.332. The van der Waals surface area contributed by atoms with E-state index >= 15 is 0 Å². The lowest BCUT2D eigenvalue weighted by Crippen LogP contribution is -2.22. The van der Waals surface area contributed by atoms with Crippen LogP contribution in [0.15, 0.2) is 28.6 Å². The number of guanidine groups is 1. The van der Waals surface area contributed by atoms with Gasteiger partial charge >= 0.3 is 0 Å². The van der Waals surface area contributed by atoms with Gasteiger partial charge in [0.25, 0.3) is 0 Å². The monoisotopic (exact) mass is 334 g/mol. The molecule has 0 aliphatic rings. The lowest BCUT2D eigenvalue weighted by molar-refractivity contribution is 0.355. The largest absolute Gasteiger partial charge is 0.493 e. The van der Waals surface area contributed by atoms with E-state index in [1.165, 1.54) is 0 Å². The smallest absolute Gasteiger partial charge is 0.193 e. The highest BCUT2D eigenvalue weighted by Gasteiger charge is 2.07. The predicted molar refractivity (Wildman–Crippen MR) is 94.7 cm³/mol. The molecule has 124 valence electrons. The second kappa shape index (κ2) is 7.82. The van der Waals surface area contributed by atoms with E-state index in [1.54, 1.807) is 25.6 Å². The average molecular weight is 334 g/mol. The van der Waals surface area contributed by atoms with E-state index in [1.807, 2.05) is 18.2 Å². The Morgan fingerprint density at radius 1 is 1.30 bits per heavy atom. The van der Waals surface area contributed by atoms with Crippen molar-refractivity contribution in [2.75, 3.05) is 19.5 Å². The van der Waals surface area contributed by atoms with Crippen LogP contribution in [-0.4, -0.2) is 25.2 Å². The second-order valence-corrected chi connectivity index (χ2v) is 6.16. The van der Waals surface area contributed by atoms with Gasteiger partial charge in [0.2, 0.25) is 0 Å². The standard InChI is InChI=1S/C16H22N4O2S/c1-10(2)12-9-23-15(20-12)8-18-16(17)19-11-5-6-13(21-3)14(7-11)22-4/h5-7,9-10H,8H2,1-4H3,(H3,17,18,19). The van der Waals surface area contributed by atoms with Crippen LogP contribution in [0.5, 0.6) is 11.5 Å². The maximum atomic E-state index is 5.93. The molecular formula is C16H22N4O2S. The number of ether oxygens (including phenoxy) is 2. The highest BCUT2D eigenvalue weighted by molar-refractivity contribution is 7.09. The maximum Gasteiger partial charge on any atom is 0.193 e. The van der Waals surface area contributed by atoms with Crippen molar-refractivity contribution in [3.63, 3.8) is 0 Å². The van der Waals surface area contributed by atoms with E-state index in [-0.39, 0.29) is 0 Å². The van der Waals surface area contributed by atoms with Gasteiger partial charge in [-0.15, -0.1) is 11.3 Å². The number of hydrogen-bond donors (Lipinski definition) is 2. The number of rotatable bonds is 6. The summed E-state index contributed by atoms with van der Waals surface area (Å²) in [5.74, 6) is 2.05. The Kier molecular flexibility index (Phi) is 5.81. The Morgan fingerprint density at radius 2 is 2.04 bits per heavy atom. The van der Waals surface area contributed by atoms with Crippen molar-refractivity contribution in [3.8, 4) is 11.5 Å². The van der Waals surface area contributed by atoms with Crippen LogP contribution in [0.2, 0.25) is 0 Å². The molecule has 7 heteroatoms. The lowest BCUT2D eigenvalue weighted by atomic mass is 10.2. The zero-order valence-corrected chi connectivity index (χ0v) is 14.6. The Balaban J connectivity index is 2.01. The van der Waals surface area contributed by atoms with Crippen LogP contribution in [0.4, 0.5) is 5.69 Å². The molecule has 0 saturated heterocycles. The molecule has 3 N–H and O–H groups in total. The fourth-order valence-corrected chi connectivity index (χ4v) is 2.80. The Hall–Kier alpha value is -2.28. The quantitative estimate of drug-likeness (QED) is 0.626. The van der Waals surface area contributed by atoms with Crippen LogP contribution in [0.1, 0.15) is 30.5 Å². The summed E-state index contributed by atoms with van der Waals surface area (Å²) in [6.45, 7) is 4.70. The predicted octanol–water partition coefficient (Wildman–Crippen LogP) is 3.21. The molecule has 0 spiro atoms. The van der Waals surface area contributed by atoms with Crippen molar-refractivity contribution in [3.05, 3.63) is 34.3 Å².